The molecule has 5 heteroatoms. The molecular weight excluding hydrogens is 362 g/mol. The number of phenolic OH excluding ortho intramolecular Hbond substituents is 1. The molecule has 0 saturated heterocycles. The van der Waals surface area contributed by atoms with Crippen LogP contribution < -0.4 is 5.32 Å². The first-order valence-corrected chi connectivity index (χ1v) is 6.70. The number of carbonyl (C=O) groups excluding carboxylic acids is 1. The zero-order valence-electron chi connectivity index (χ0n) is 9.15. The summed E-state index contributed by atoms with van der Waals surface area (Å²) in [6.07, 6.45) is 0. The van der Waals surface area contributed by atoms with E-state index in [1.165, 1.54) is 6.07 Å². The fourth-order valence-corrected chi connectivity index (χ4v) is 2.21. The highest BCUT2D eigenvalue weighted by atomic mass is 79.9. The Bertz CT molecular complexity index is 599. The first-order valence-electron chi connectivity index (χ1n) is 5.12. The van der Waals surface area contributed by atoms with Crippen molar-refractivity contribution in [3.63, 3.8) is 0 Å². The summed E-state index contributed by atoms with van der Waals surface area (Å²) in [7, 11) is 0. The summed E-state index contributed by atoms with van der Waals surface area (Å²) in [5, 5.41) is 12.4. The number of nitrogens with one attached hydrogen (secondary N) is 1. The minimum Gasteiger partial charge on any atom is -0.507 e. The smallest absolute Gasteiger partial charge is 0.259 e. The molecule has 0 aromatic heterocycles. The van der Waals surface area contributed by atoms with Crippen LogP contribution in [-0.4, -0.2) is 11.0 Å². The molecule has 0 fully saturated rings. The van der Waals surface area contributed by atoms with Gasteiger partial charge >= 0.3 is 0 Å². The molecule has 0 radical (unpaired) electrons. The lowest BCUT2D eigenvalue weighted by atomic mass is 10.2. The molecule has 18 heavy (non-hydrogen) atoms. The lowest BCUT2D eigenvalue weighted by Gasteiger charge is -2.07. The average molecular weight is 371 g/mol. The second kappa shape index (κ2) is 5.54. The van der Waals surface area contributed by atoms with E-state index in [9.17, 15) is 9.90 Å². The molecule has 0 bridgehead atoms. The number of benzene rings is 2. The molecule has 0 heterocycles. The van der Waals surface area contributed by atoms with Gasteiger partial charge in [-0.1, -0.05) is 37.9 Å². The minimum absolute atomic E-state index is 0.0585. The summed E-state index contributed by atoms with van der Waals surface area (Å²) in [6, 6.07) is 12.0. The van der Waals surface area contributed by atoms with Gasteiger partial charge in [-0.3, -0.25) is 4.79 Å². The minimum atomic E-state index is -0.349. The van der Waals surface area contributed by atoms with Gasteiger partial charge in [0.1, 0.15) is 5.75 Å². The van der Waals surface area contributed by atoms with E-state index < -0.39 is 0 Å². The van der Waals surface area contributed by atoms with Crippen molar-refractivity contribution >= 4 is 43.5 Å². The molecule has 0 aliphatic carbocycles. The summed E-state index contributed by atoms with van der Waals surface area (Å²) in [6.45, 7) is 0. The van der Waals surface area contributed by atoms with Crippen molar-refractivity contribution in [2.75, 3.05) is 5.32 Å². The van der Waals surface area contributed by atoms with Gasteiger partial charge < -0.3 is 10.4 Å². The maximum absolute atomic E-state index is 12.0. The number of carbonyl (C=O) groups is 1. The lowest BCUT2D eigenvalue weighted by Crippen LogP contribution is -2.11. The Balaban J connectivity index is 2.22. The van der Waals surface area contributed by atoms with Crippen LogP contribution in [0.25, 0.3) is 0 Å². The van der Waals surface area contributed by atoms with E-state index in [1.807, 2.05) is 12.1 Å². The van der Waals surface area contributed by atoms with Crippen LogP contribution in [0.2, 0.25) is 0 Å². The van der Waals surface area contributed by atoms with E-state index in [4.69, 9.17) is 0 Å². The zero-order chi connectivity index (χ0) is 13.1. The second-order valence-electron chi connectivity index (χ2n) is 3.63. The van der Waals surface area contributed by atoms with Crippen LogP contribution in [-0.2, 0) is 0 Å². The quantitative estimate of drug-likeness (QED) is 0.833. The van der Waals surface area contributed by atoms with Crippen molar-refractivity contribution in [1.29, 1.82) is 0 Å². The molecule has 0 spiro atoms. The maximum atomic E-state index is 12.0. The van der Waals surface area contributed by atoms with E-state index in [1.54, 1.807) is 24.3 Å². The monoisotopic (exact) mass is 369 g/mol. The number of hydrogen-bond donors (Lipinski definition) is 2. The van der Waals surface area contributed by atoms with Crippen LogP contribution in [0.3, 0.4) is 0 Å². The summed E-state index contributed by atoms with van der Waals surface area (Å²) < 4.78 is 1.60. The molecule has 2 aromatic carbocycles. The molecule has 3 nitrogen and oxygen atoms in total. The highest BCUT2D eigenvalue weighted by Gasteiger charge is 2.11. The molecular formula is C13H9Br2NO2. The van der Waals surface area contributed by atoms with Crippen LogP contribution >= 0.6 is 31.9 Å². The Morgan fingerprint density at radius 2 is 1.78 bits per heavy atom. The Hall–Kier alpha value is -1.33. The standard InChI is InChI=1S/C13H9Br2NO2/c14-8-2-1-3-10(6-8)16-13(18)11-5-4-9(15)7-12(11)17/h1-7,17H,(H,16,18). The van der Waals surface area contributed by atoms with Crippen LogP contribution in [0.4, 0.5) is 5.69 Å². The van der Waals surface area contributed by atoms with E-state index in [0.29, 0.717) is 5.69 Å². The third-order valence-electron chi connectivity index (χ3n) is 2.29. The third kappa shape index (κ3) is 3.11. The van der Waals surface area contributed by atoms with Gasteiger partial charge in [0.05, 0.1) is 5.56 Å². The molecule has 2 rings (SSSR count). The predicted molar refractivity (Wildman–Crippen MR) is 77.9 cm³/mol. The Morgan fingerprint density at radius 1 is 1.06 bits per heavy atom. The van der Waals surface area contributed by atoms with Crippen molar-refractivity contribution < 1.29 is 9.90 Å². The zero-order valence-corrected chi connectivity index (χ0v) is 12.3. The predicted octanol–water partition coefficient (Wildman–Crippen LogP) is 4.17. The van der Waals surface area contributed by atoms with Crippen molar-refractivity contribution in [2.45, 2.75) is 0 Å². The molecule has 2 aromatic rings. The van der Waals surface area contributed by atoms with Crippen LogP contribution in [0, 0.1) is 0 Å². The number of anilines is 1. The van der Waals surface area contributed by atoms with Crippen molar-refractivity contribution in [2.24, 2.45) is 0 Å². The van der Waals surface area contributed by atoms with Gasteiger partial charge in [0, 0.05) is 14.6 Å². The Morgan fingerprint density at radius 3 is 2.44 bits per heavy atom. The Labute approximate surface area is 121 Å². The van der Waals surface area contributed by atoms with Crippen LogP contribution in [0.15, 0.2) is 51.4 Å². The number of amides is 1. The summed E-state index contributed by atoms with van der Waals surface area (Å²) >= 11 is 6.55. The Kier molecular flexibility index (Phi) is 4.04. The number of rotatable bonds is 2. The number of phenols is 1. The number of hydrogen-bond acceptors (Lipinski definition) is 2. The number of halogens is 2. The summed E-state index contributed by atoms with van der Waals surface area (Å²) in [5.74, 6) is -0.407. The topological polar surface area (TPSA) is 49.3 Å². The summed E-state index contributed by atoms with van der Waals surface area (Å²) in [4.78, 5) is 12.0. The van der Waals surface area contributed by atoms with E-state index in [2.05, 4.69) is 37.2 Å². The van der Waals surface area contributed by atoms with Crippen molar-refractivity contribution in [3.05, 3.63) is 57.0 Å². The van der Waals surface area contributed by atoms with Crippen LogP contribution in [0.5, 0.6) is 5.75 Å². The molecule has 0 atom stereocenters. The van der Waals surface area contributed by atoms with Crippen molar-refractivity contribution in [1.82, 2.24) is 0 Å². The van der Waals surface area contributed by atoms with E-state index in [0.717, 1.165) is 8.95 Å². The van der Waals surface area contributed by atoms with E-state index in [-0.39, 0.29) is 17.2 Å². The van der Waals surface area contributed by atoms with Gasteiger partial charge in [-0.25, -0.2) is 0 Å². The van der Waals surface area contributed by atoms with E-state index >= 15 is 0 Å². The SMILES string of the molecule is O=C(Nc1cccc(Br)c1)c1ccc(Br)cc1O. The van der Waals surface area contributed by atoms with Gasteiger partial charge in [0.15, 0.2) is 0 Å². The molecule has 0 saturated carbocycles. The van der Waals surface area contributed by atoms with Gasteiger partial charge in [-0.15, -0.1) is 0 Å². The summed E-state index contributed by atoms with van der Waals surface area (Å²) in [5.41, 5.74) is 0.898. The van der Waals surface area contributed by atoms with Crippen molar-refractivity contribution in [3.8, 4) is 5.75 Å². The van der Waals surface area contributed by atoms with Crippen LogP contribution in [0.1, 0.15) is 10.4 Å². The molecule has 0 aliphatic heterocycles. The average Bonchev–Trinajstić information content (AvgIpc) is 2.28. The first kappa shape index (κ1) is 13.1. The first-order chi connectivity index (χ1) is 8.56. The fourth-order valence-electron chi connectivity index (χ4n) is 1.46. The van der Waals surface area contributed by atoms with Gasteiger partial charge in [0.25, 0.3) is 5.91 Å². The fraction of sp³-hybridized carbons (Fsp3) is 0. The number of aromatic hydroxyl groups is 1. The molecule has 0 unspecified atom stereocenters. The third-order valence-corrected chi connectivity index (χ3v) is 3.27. The second-order valence-corrected chi connectivity index (χ2v) is 5.46. The maximum Gasteiger partial charge on any atom is 0.259 e. The molecule has 0 aliphatic rings. The van der Waals surface area contributed by atoms with Gasteiger partial charge in [0.2, 0.25) is 0 Å². The molecule has 1 amide bonds. The lowest BCUT2D eigenvalue weighted by molar-refractivity contribution is 0.102. The normalized spacial score (nSPS) is 10.1. The molecule has 92 valence electrons. The van der Waals surface area contributed by atoms with Gasteiger partial charge in [-0.05, 0) is 36.4 Å². The molecule has 2 N–H and O–H groups in total. The van der Waals surface area contributed by atoms with Gasteiger partial charge in [-0.2, -0.15) is 0 Å². The highest BCUT2D eigenvalue weighted by molar-refractivity contribution is 9.10. The largest absolute Gasteiger partial charge is 0.507 e. The highest BCUT2D eigenvalue weighted by Crippen LogP contribution is 2.23.